The Kier molecular flexibility index (Phi) is 6.86. The zero-order valence-corrected chi connectivity index (χ0v) is 17.8. The molecule has 3 rings (SSSR count). The van der Waals surface area contributed by atoms with Crippen LogP contribution in [0.15, 0.2) is 70.9 Å². The van der Waals surface area contributed by atoms with Crippen LogP contribution in [0.4, 0.5) is 11.4 Å². The van der Waals surface area contributed by atoms with Crippen molar-refractivity contribution in [1.82, 2.24) is 5.32 Å². The molecule has 0 bridgehead atoms. The van der Waals surface area contributed by atoms with E-state index in [0.717, 1.165) is 10.4 Å². The zero-order chi connectivity index (χ0) is 21.6. The minimum atomic E-state index is -3.77. The Hall–Kier alpha value is -3.17. The number of nitrogens with one attached hydrogen (secondary N) is 3. The maximum absolute atomic E-state index is 12.5. The van der Waals surface area contributed by atoms with Crippen molar-refractivity contribution in [1.29, 1.82) is 0 Å². The number of carbonyl (C=O) groups excluding carboxylic acids is 2. The van der Waals surface area contributed by atoms with Crippen molar-refractivity contribution in [3.63, 3.8) is 0 Å². The lowest BCUT2D eigenvalue weighted by Gasteiger charge is -2.10. The summed E-state index contributed by atoms with van der Waals surface area (Å²) >= 11 is 1.58. The second-order valence-corrected chi connectivity index (χ2v) is 9.26. The molecule has 1 aromatic heterocycles. The molecule has 0 aliphatic rings. The molecule has 0 saturated carbocycles. The second-order valence-electron chi connectivity index (χ2n) is 6.54. The van der Waals surface area contributed by atoms with Crippen molar-refractivity contribution in [2.45, 2.75) is 24.8 Å². The molecule has 0 aliphatic heterocycles. The third-order valence-electron chi connectivity index (χ3n) is 4.10. The van der Waals surface area contributed by atoms with E-state index in [1.807, 2.05) is 17.5 Å². The van der Waals surface area contributed by atoms with Gasteiger partial charge in [0, 0.05) is 23.2 Å². The largest absolute Gasteiger partial charge is 0.351 e. The Labute approximate surface area is 179 Å². The van der Waals surface area contributed by atoms with Gasteiger partial charge in [-0.2, -0.15) is 0 Å². The van der Waals surface area contributed by atoms with Crippen LogP contribution in [0.25, 0.3) is 0 Å². The molecule has 9 heteroatoms. The highest BCUT2D eigenvalue weighted by molar-refractivity contribution is 7.92. The zero-order valence-electron chi connectivity index (χ0n) is 16.2. The monoisotopic (exact) mass is 443 g/mol. The van der Waals surface area contributed by atoms with Crippen LogP contribution in [0.3, 0.4) is 0 Å². The average Bonchev–Trinajstić information content (AvgIpc) is 3.21. The second kappa shape index (κ2) is 9.55. The van der Waals surface area contributed by atoms with Crippen LogP contribution in [0.1, 0.15) is 17.4 Å². The lowest BCUT2D eigenvalue weighted by atomic mass is 10.1. The number of hydrogen-bond donors (Lipinski definition) is 3. The van der Waals surface area contributed by atoms with Gasteiger partial charge >= 0.3 is 0 Å². The molecule has 0 saturated heterocycles. The molecular weight excluding hydrogens is 422 g/mol. The quantitative estimate of drug-likeness (QED) is 0.496. The molecule has 156 valence electrons. The number of carbonyl (C=O) groups is 2. The minimum absolute atomic E-state index is 0.0774. The summed E-state index contributed by atoms with van der Waals surface area (Å²) in [7, 11) is -3.77. The summed E-state index contributed by atoms with van der Waals surface area (Å²) in [6.45, 7) is 1.87. The molecule has 3 aromatic rings. The Balaban J connectivity index is 1.57. The third kappa shape index (κ3) is 6.16. The van der Waals surface area contributed by atoms with Gasteiger partial charge in [-0.25, -0.2) is 8.42 Å². The number of amides is 2. The first-order valence-corrected chi connectivity index (χ1v) is 11.5. The van der Waals surface area contributed by atoms with Crippen LogP contribution in [-0.2, 0) is 32.6 Å². The van der Waals surface area contributed by atoms with Crippen LogP contribution in [0, 0.1) is 0 Å². The highest BCUT2D eigenvalue weighted by Crippen LogP contribution is 2.19. The molecule has 2 amide bonds. The van der Waals surface area contributed by atoms with Crippen LogP contribution in [0.5, 0.6) is 0 Å². The van der Waals surface area contributed by atoms with Crippen LogP contribution in [0.2, 0.25) is 0 Å². The summed E-state index contributed by atoms with van der Waals surface area (Å²) in [4.78, 5) is 24.3. The van der Waals surface area contributed by atoms with Gasteiger partial charge in [-0.15, -0.1) is 11.3 Å². The first-order chi connectivity index (χ1) is 14.3. The molecule has 0 atom stereocenters. The van der Waals surface area contributed by atoms with Gasteiger partial charge in [-0.3, -0.25) is 14.3 Å². The van der Waals surface area contributed by atoms with Gasteiger partial charge in [0.2, 0.25) is 11.8 Å². The fourth-order valence-corrected chi connectivity index (χ4v) is 4.38. The van der Waals surface area contributed by atoms with Crippen molar-refractivity contribution < 1.29 is 18.0 Å². The lowest BCUT2D eigenvalue weighted by Crippen LogP contribution is -2.24. The number of anilines is 2. The summed E-state index contributed by atoms with van der Waals surface area (Å²) in [6, 6.07) is 16.4. The molecule has 30 heavy (non-hydrogen) atoms. The van der Waals surface area contributed by atoms with E-state index >= 15 is 0 Å². The molecule has 0 aliphatic carbocycles. The molecular formula is C21H21N3O4S2. The fraction of sp³-hybridized carbons (Fsp3) is 0.143. The summed E-state index contributed by atoms with van der Waals surface area (Å²) < 4.78 is 27.6. The topological polar surface area (TPSA) is 104 Å². The SMILES string of the molecule is CC(=O)Nc1ccc(S(=O)(=O)Nc2ccc(CC(=O)NCc3cccs3)cc2)cc1. The van der Waals surface area contributed by atoms with Gasteiger partial charge in [0.05, 0.1) is 17.9 Å². The Morgan fingerprint density at radius 3 is 2.20 bits per heavy atom. The molecule has 0 unspecified atom stereocenters. The van der Waals surface area contributed by atoms with E-state index in [-0.39, 0.29) is 23.1 Å². The van der Waals surface area contributed by atoms with E-state index in [1.54, 1.807) is 35.6 Å². The van der Waals surface area contributed by atoms with E-state index in [2.05, 4.69) is 15.4 Å². The number of sulfonamides is 1. The van der Waals surface area contributed by atoms with Gasteiger partial charge in [0.15, 0.2) is 0 Å². The molecule has 7 nitrogen and oxygen atoms in total. The Morgan fingerprint density at radius 1 is 0.933 bits per heavy atom. The summed E-state index contributed by atoms with van der Waals surface area (Å²) in [5, 5.41) is 7.40. The van der Waals surface area contributed by atoms with E-state index in [1.165, 1.54) is 31.2 Å². The van der Waals surface area contributed by atoms with Gasteiger partial charge in [-0.05, 0) is 53.4 Å². The lowest BCUT2D eigenvalue weighted by molar-refractivity contribution is -0.120. The molecule has 1 heterocycles. The smallest absolute Gasteiger partial charge is 0.261 e. The van der Waals surface area contributed by atoms with E-state index in [0.29, 0.717) is 17.9 Å². The number of rotatable bonds is 8. The highest BCUT2D eigenvalue weighted by Gasteiger charge is 2.14. The van der Waals surface area contributed by atoms with Gasteiger partial charge in [0.1, 0.15) is 0 Å². The fourth-order valence-electron chi connectivity index (χ4n) is 2.67. The van der Waals surface area contributed by atoms with Crippen molar-refractivity contribution in [2.24, 2.45) is 0 Å². The summed E-state index contributed by atoms with van der Waals surface area (Å²) in [5.41, 5.74) is 1.69. The Bertz CT molecular complexity index is 1110. The predicted molar refractivity (Wildman–Crippen MR) is 118 cm³/mol. The van der Waals surface area contributed by atoms with Crippen molar-refractivity contribution in [3.05, 3.63) is 76.5 Å². The average molecular weight is 444 g/mol. The molecule has 3 N–H and O–H groups in total. The van der Waals surface area contributed by atoms with Crippen LogP contribution >= 0.6 is 11.3 Å². The predicted octanol–water partition coefficient (Wildman–Crippen LogP) is 3.37. The van der Waals surface area contributed by atoms with Gasteiger partial charge in [-0.1, -0.05) is 18.2 Å². The molecule has 2 aromatic carbocycles. The standard InChI is InChI=1S/C21H21N3O4S2/c1-15(25)23-17-8-10-20(11-9-17)30(27,28)24-18-6-4-16(5-7-18)13-21(26)22-14-19-3-2-12-29-19/h2-12,24H,13-14H2,1H3,(H,22,26)(H,23,25). The third-order valence-corrected chi connectivity index (χ3v) is 6.37. The number of benzene rings is 2. The minimum Gasteiger partial charge on any atom is -0.351 e. The van der Waals surface area contributed by atoms with Gasteiger partial charge < -0.3 is 10.6 Å². The van der Waals surface area contributed by atoms with Crippen molar-refractivity contribution >= 4 is 44.5 Å². The van der Waals surface area contributed by atoms with Crippen molar-refractivity contribution in [2.75, 3.05) is 10.0 Å². The van der Waals surface area contributed by atoms with Crippen LogP contribution < -0.4 is 15.4 Å². The van der Waals surface area contributed by atoms with E-state index < -0.39 is 10.0 Å². The first kappa shape index (κ1) is 21.5. The van der Waals surface area contributed by atoms with E-state index in [4.69, 9.17) is 0 Å². The summed E-state index contributed by atoms with van der Waals surface area (Å²) in [5.74, 6) is -0.333. The Morgan fingerprint density at radius 2 is 1.60 bits per heavy atom. The number of thiophene rings is 1. The summed E-state index contributed by atoms with van der Waals surface area (Å²) in [6.07, 6.45) is 0.211. The molecule has 0 fully saturated rings. The molecule has 0 spiro atoms. The van der Waals surface area contributed by atoms with Crippen molar-refractivity contribution in [3.8, 4) is 0 Å². The maximum Gasteiger partial charge on any atom is 0.261 e. The highest BCUT2D eigenvalue weighted by atomic mass is 32.2. The normalized spacial score (nSPS) is 11.0. The maximum atomic E-state index is 12.5. The van der Waals surface area contributed by atoms with Gasteiger partial charge in [0.25, 0.3) is 10.0 Å². The van der Waals surface area contributed by atoms with E-state index in [9.17, 15) is 18.0 Å². The first-order valence-electron chi connectivity index (χ1n) is 9.10. The number of hydrogen-bond acceptors (Lipinski definition) is 5. The van der Waals surface area contributed by atoms with Crippen LogP contribution in [-0.4, -0.2) is 20.2 Å². The molecule has 0 radical (unpaired) electrons.